The molecule has 0 saturated carbocycles. The Bertz CT molecular complexity index is 3020. The topological polar surface area (TPSA) is 33.8 Å². The molecule has 0 fully saturated rings. The van der Waals surface area contributed by atoms with Crippen LogP contribution in [0.3, 0.4) is 0 Å². The summed E-state index contributed by atoms with van der Waals surface area (Å²) in [7, 11) is 0. The highest BCUT2D eigenvalue weighted by Crippen LogP contribution is 2.47. The van der Waals surface area contributed by atoms with Crippen molar-refractivity contribution in [1.82, 2.24) is 4.98 Å². The van der Waals surface area contributed by atoms with E-state index in [1.54, 1.807) is 0 Å². The Hall–Kier alpha value is -6.13. The van der Waals surface area contributed by atoms with Crippen molar-refractivity contribution in [2.75, 3.05) is 0 Å². The number of pyridine rings is 3. The summed E-state index contributed by atoms with van der Waals surface area (Å²) >= 11 is 0. The van der Waals surface area contributed by atoms with Gasteiger partial charge in [-0.15, -0.1) is 0 Å². The Morgan fingerprint density at radius 2 is 1.47 bits per heavy atom. The van der Waals surface area contributed by atoms with Crippen molar-refractivity contribution >= 4 is 27.8 Å². The smallest absolute Gasteiger partial charge is 0.227 e. The molecule has 4 heteroatoms. The molecule has 10 rings (SSSR count). The molecule has 2 aliphatic rings. The lowest BCUT2D eigenvalue weighted by Crippen LogP contribution is -2.48. The Balaban J connectivity index is 1.18. The first-order valence-corrected chi connectivity index (χ1v) is 22.8. The number of rotatable bonds is 5. The van der Waals surface area contributed by atoms with Crippen molar-refractivity contribution in [1.29, 1.82) is 0 Å². The van der Waals surface area contributed by atoms with E-state index in [-0.39, 0.29) is 17.4 Å². The molecule has 4 aromatic heterocycles. The summed E-state index contributed by atoms with van der Waals surface area (Å²) in [4.78, 5) is 5.44. The van der Waals surface area contributed by atoms with Crippen LogP contribution in [0.1, 0.15) is 118 Å². The minimum Gasteiger partial charge on any atom is -0.437 e. The molecule has 2 aliphatic heterocycles. The number of furan rings is 1. The van der Waals surface area contributed by atoms with Gasteiger partial charge in [0.05, 0.1) is 17.2 Å². The van der Waals surface area contributed by atoms with Crippen LogP contribution in [-0.2, 0) is 12.8 Å². The molecular formula is C58H59N3O+2. The number of hydrogen-bond donors (Lipinski definition) is 0. The second kappa shape index (κ2) is 15.3. The van der Waals surface area contributed by atoms with E-state index in [0.717, 1.165) is 64.7 Å². The number of allylic oxidation sites excluding steroid dienone is 1. The highest BCUT2D eigenvalue weighted by molar-refractivity contribution is 6.09. The lowest BCUT2D eigenvalue weighted by atomic mass is 9.77. The lowest BCUT2D eigenvalue weighted by molar-refractivity contribution is -0.719. The lowest BCUT2D eigenvalue weighted by Gasteiger charge is -2.31. The quantitative estimate of drug-likeness (QED) is 0.162. The third-order valence-corrected chi connectivity index (χ3v) is 13.6. The largest absolute Gasteiger partial charge is 0.437 e. The predicted molar refractivity (Wildman–Crippen MR) is 256 cm³/mol. The molecule has 8 aromatic rings. The maximum Gasteiger partial charge on any atom is 0.227 e. The Morgan fingerprint density at radius 1 is 0.758 bits per heavy atom. The van der Waals surface area contributed by atoms with Gasteiger partial charge in [0.1, 0.15) is 0 Å². The predicted octanol–water partition coefficient (Wildman–Crippen LogP) is 14.5. The highest BCUT2D eigenvalue weighted by Gasteiger charge is 2.42. The van der Waals surface area contributed by atoms with Crippen LogP contribution < -0.4 is 9.13 Å². The molecule has 4 nitrogen and oxygen atoms in total. The van der Waals surface area contributed by atoms with E-state index in [1.165, 1.54) is 61.3 Å². The molecule has 0 radical (unpaired) electrons. The second-order valence-electron chi connectivity index (χ2n) is 19.9. The summed E-state index contributed by atoms with van der Waals surface area (Å²) in [6.07, 6.45) is 8.40. The van der Waals surface area contributed by atoms with Crippen LogP contribution in [0.2, 0.25) is 0 Å². The number of hydrogen-bond acceptors (Lipinski definition) is 2. The maximum atomic E-state index is 7.17. The fourth-order valence-electron chi connectivity index (χ4n) is 10.7. The first-order valence-electron chi connectivity index (χ1n) is 22.8. The molecule has 2 unspecified atom stereocenters. The molecule has 62 heavy (non-hydrogen) atoms. The Morgan fingerprint density at radius 3 is 2.21 bits per heavy atom. The van der Waals surface area contributed by atoms with Gasteiger partial charge >= 0.3 is 0 Å². The molecule has 0 amide bonds. The van der Waals surface area contributed by atoms with Gasteiger partial charge in [-0.25, -0.2) is 4.98 Å². The molecule has 0 spiro atoms. The zero-order valence-electron chi connectivity index (χ0n) is 37.7. The Kier molecular flexibility index (Phi) is 9.89. The molecule has 310 valence electrons. The average molecular weight is 814 g/mol. The van der Waals surface area contributed by atoms with Crippen molar-refractivity contribution in [3.05, 3.63) is 168 Å². The van der Waals surface area contributed by atoms with Crippen molar-refractivity contribution in [3.8, 4) is 44.9 Å². The third kappa shape index (κ3) is 6.89. The molecule has 4 aromatic carbocycles. The highest BCUT2D eigenvalue weighted by atomic mass is 16.3. The van der Waals surface area contributed by atoms with Crippen LogP contribution in [0.25, 0.3) is 72.7 Å². The van der Waals surface area contributed by atoms with E-state index >= 15 is 0 Å². The molecule has 0 aliphatic carbocycles. The van der Waals surface area contributed by atoms with E-state index in [2.05, 4.69) is 192 Å². The van der Waals surface area contributed by atoms with Crippen LogP contribution in [0.5, 0.6) is 0 Å². The fourth-order valence-corrected chi connectivity index (χ4v) is 10.7. The summed E-state index contributed by atoms with van der Waals surface area (Å²) in [5.74, 6) is 0.892. The first-order chi connectivity index (χ1) is 29.8. The van der Waals surface area contributed by atoms with E-state index in [9.17, 15) is 0 Å². The second-order valence-corrected chi connectivity index (χ2v) is 19.9. The molecular weight excluding hydrogens is 755 g/mol. The molecule has 6 heterocycles. The average Bonchev–Trinajstić information content (AvgIpc) is 3.63. The normalized spacial score (nSPS) is 16.3. The van der Waals surface area contributed by atoms with Crippen LogP contribution in [0.4, 0.5) is 0 Å². The fraction of sp³-hybridized carbons (Fsp3) is 0.293. The summed E-state index contributed by atoms with van der Waals surface area (Å²) in [6.45, 7) is 23.4. The van der Waals surface area contributed by atoms with Crippen LogP contribution >= 0.6 is 0 Å². The van der Waals surface area contributed by atoms with Crippen LogP contribution in [-0.4, -0.2) is 4.98 Å². The third-order valence-electron chi connectivity index (χ3n) is 13.6. The van der Waals surface area contributed by atoms with Gasteiger partial charge in [0.15, 0.2) is 29.7 Å². The molecule has 0 bridgehead atoms. The SMILES string of the molecule is C=C1CC2c3ccccc3-c3cccc[n+]3C2CCc2ccc3c(oc4nc(-c5c(C(C)C)cc(-c6ccccc6)cc5C(C)C)ccc43)c2-c2cc(C)c(CC(C)(C)C)c[n+]21. The monoisotopic (exact) mass is 813 g/mol. The van der Waals surface area contributed by atoms with Gasteiger partial charge in [-0.3, -0.25) is 0 Å². The van der Waals surface area contributed by atoms with Gasteiger partial charge in [-0.05, 0) is 107 Å². The van der Waals surface area contributed by atoms with E-state index in [1.807, 2.05) is 0 Å². The number of benzene rings is 4. The number of fused-ring (bicyclic) bond motifs is 13. The zero-order valence-corrected chi connectivity index (χ0v) is 37.7. The first kappa shape index (κ1) is 40.0. The van der Waals surface area contributed by atoms with Gasteiger partial charge in [0.25, 0.3) is 0 Å². The summed E-state index contributed by atoms with van der Waals surface area (Å²) in [6, 6.07) is 43.0. The van der Waals surface area contributed by atoms with Gasteiger partial charge in [-0.1, -0.05) is 121 Å². The Labute approximate surface area is 367 Å². The molecule has 0 N–H and O–H groups in total. The van der Waals surface area contributed by atoms with Crippen molar-refractivity contribution < 1.29 is 13.6 Å². The van der Waals surface area contributed by atoms with Gasteiger partial charge in [0, 0.05) is 58.5 Å². The van der Waals surface area contributed by atoms with Crippen molar-refractivity contribution in [3.63, 3.8) is 0 Å². The zero-order chi connectivity index (χ0) is 43.0. The van der Waals surface area contributed by atoms with Gasteiger partial charge in [0.2, 0.25) is 17.1 Å². The summed E-state index contributed by atoms with van der Waals surface area (Å²) in [5, 5.41) is 2.14. The number of aromatic nitrogens is 3. The van der Waals surface area contributed by atoms with E-state index in [0.29, 0.717) is 17.5 Å². The van der Waals surface area contributed by atoms with E-state index in [4.69, 9.17) is 16.0 Å². The molecule has 2 atom stereocenters. The minimum absolute atomic E-state index is 0.130. The van der Waals surface area contributed by atoms with Crippen LogP contribution in [0.15, 0.2) is 139 Å². The number of aryl methyl sites for hydroxylation is 2. The standard InChI is InChI=1S/C58H59N3O/c1-35(2)47-31-41(39-17-11-10-12-18-39)32-48(36(3)4)55(47)50-26-25-46-45-24-22-40-23-27-52-49(43-19-13-14-20-44(43)51-21-15-16-28-60(51)52)30-38(6)61-34-42(33-58(7,8)9)37(5)29-53(61)54(40)56(45)62-57(46)59-50/h10-22,24-26,28-29,31-32,34-36,49,52H,6,23,27,30,33H2,1-5,7-9H3/q+2. The van der Waals surface area contributed by atoms with Gasteiger partial charge < -0.3 is 4.42 Å². The summed E-state index contributed by atoms with van der Waals surface area (Å²) < 4.78 is 12.1. The number of nitrogens with zero attached hydrogens (tertiary/aromatic N) is 3. The summed E-state index contributed by atoms with van der Waals surface area (Å²) in [5.41, 5.74) is 20.4. The van der Waals surface area contributed by atoms with Crippen molar-refractivity contribution in [2.45, 2.75) is 105 Å². The van der Waals surface area contributed by atoms with E-state index < -0.39 is 0 Å². The minimum atomic E-state index is 0.130. The van der Waals surface area contributed by atoms with Crippen LogP contribution in [0, 0.1) is 12.3 Å². The maximum absolute atomic E-state index is 7.17. The molecule has 0 saturated heterocycles. The van der Waals surface area contributed by atoms with Crippen molar-refractivity contribution in [2.24, 2.45) is 5.41 Å². The van der Waals surface area contributed by atoms with Gasteiger partial charge in [-0.2, -0.15) is 9.13 Å².